The van der Waals surface area contributed by atoms with Crippen molar-refractivity contribution in [3.8, 4) is 5.75 Å². The lowest BCUT2D eigenvalue weighted by atomic mass is 9.70. The number of carbonyl (C=O) groups excluding carboxylic acids is 2. The second kappa shape index (κ2) is 6.70. The van der Waals surface area contributed by atoms with Gasteiger partial charge in [-0.1, -0.05) is 6.07 Å². The van der Waals surface area contributed by atoms with Gasteiger partial charge in [0.2, 0.25) is 5.91 Å². The number of rotatable bonds is 3. The van der Waals surface area contributed by atoms with Gasteiger partial charge in [-0.25, -0.2) is 0 Å². The number of hydrogen-bond donors (Lipinski definition) is 2. The van der Waals surface area contributed by atoms with E-state index in [4.69, 9.17) is 4.74 Å². The molecule has 0 radical (unpaired) electrons. The van der Waals surface area contributed by atoms with Crippen molar-refractivity contribution in [3.63, 3.8) is 0 Å². The largest absolute Gasteiger partial charge is 0.497 e. The highest BCUT2D eigenvalue weighted by molar-refractivity contribution is 6.04. The molecule has 1 atom stereocenters. The Labute approximate surface area is 157 Å². The number of nitrogens with one attached hydrogen (secondary N) is 1. The summed E-state index contributed by atoms with van der Waals surface area (Å²) in [4.78, 5) is 24.9. The summed E-state index contributed by atoms with van der Waals surface area (Å²) in [6.45, 7) is 0.742. The number of hydrogen-bond acceptors (Lipinski definition) is 4. The van der Waals surface area contributed by atoms with Crippen LogP contribution >= 0.6 is 0 Å². The van der Waals surface area contributed by atoms with Crippen LogP contribution in [-0.4, -0.2) is 30.7 Å². The summed E-state index contributed by atoms with van der Waals surface area (Å²) in [6, 6.07) is 12.1. The van der Waals surface area contributed by atoms with E-state index in [2.05, 4.69) is 5.32 Å². The van der Waals surface area contributed by atoms with Gasteiger partial charge in [0.1, 0.15) is 5.75 Å². The van der Waals surface area contributed by atoms with Crippen molar-refractivity contribution in [1.29, 1.82) is 0 Å². The number of ether oxygens (including phenoxy) is 1. The SMILES string of the molecule is COc1ccc(N(O)C(=O)c2ccc3c(c2)CC[C@]2(CCNC2=O)C3)cc1. The molecule has 140 valence electrons. The first-order valence-corrected chi connectivity index (χ1v) is 9.10. The van der Waals surface area contributed by atoms with Gasteiger partial charge in [-0.2, -0.15) is 5.06 Å². The van der Waals surface area contributed by atoms with E-state index in [0.717, 1.165) is 36.9 Å². The lowest BCUT2D eigenvalue weighted by Crippen LogP contribution is -2.36. The number of anilines is 1. The topological polar surface area (TPSA) is 78.9 Å². The summed E-state index contributed by atoms with van der Waals surface area (Å²) in [5.74, 6) is 0.314. The Hall–Kier alpha value is -2.86. The third kappa shape index (κ3) is 3.06. The Balaban J connectivity index is 1.55. The fourth-order valence-electron chi connectivity index (χ4n) is 4.08. The lowest BCUT2D eigenvalue weighted by molar-refractivity contribution is -0.128. The Morgan fingerprint density at radius 3 is 2.59 bits per heavy atom. The number of methoxy groups -OCH3 is 1. The summed E-state index contributed by atoms with van der Waals surface area (Å²) >= 11 is 0. The molecule has 2 aromatic rings. The van der Waals surface area contributed by atoms with Gasteiger partial charge in [0.05, 0.1) is 18.2 Å². The van der Waals surface area contributed by atoms with Crippen LogP contribution in [0.15, 0.2) is 42.5 Å². The predicted molar refractivity (Wildman–Crippen MR) is 100 cm³/mol. The fraction of sp³-hybridized carbons (Fsp3) is 0.333. The lowest BCUT2D eigenvalue weighted by Gasteiger charge is -2.32. The van der Waals surface area contributed by atoms with Crippen LogP contribution in [0, 0.1) is 5.41 Å². The average molecular weight is 366 g/mol. The minimum Gasteiger partial charge on any atom is -0.497 e. The molecule has 0 saturated carbocycles. The summed E-state index contributed by atoms with van der Waals surface area (Å²) in [5.41, 5.74) is 2.71. The van der Waals surface area contributed by atoms with E-state index in [9.17, 15) is 14.8 Å². The van der Waals surface area contributed by atoms with Gasteiger partial charge in [0.25, 0.3) is 5.91 Å². The van der Waals surface area contributed by atoms with Crippen LogP contribution in [0.3, 0.4) is 0 Å². The van der Waals surface area contributed by atoms with E-state index in [0.29, 0.717) is 28.5 Å². The maximum atomic E-state index is 12.7. The highest BCUT2D eigenvalue weighted by atomic mass is 16.5. The monoisotopic (exact) mass is 366 g/mol. The van der Waals surface area contributed by atoms with Crippen molar-refractivity contribution >= 4 is 17.5 Å². The minimum absolute atomic E-state index is 0.148. The maximum absolute atomic E-state index is 12.7. The molecule has 1 aliphatic carbocycles. The van der Waals surface area contributed by atoms with Crippen molar-refractivity contribution in [3.05, 3.63) is 59.2 Å². The Morgan fingerprint density at radius 2 is 1.93 bits per heavy atom. The molecule has 2 aliphatic rings. The molecule has 1 aliphatic heterocycles. The Morgan fingerprint density at radius 1 is 1.15 bits per heavy atom. The van der Waals surface area contributed by atoms with E-state index >= 15 is 0 Å². The van der Waals surface area contributed by atoms with E-state index in [1.807, 2.05) is 12.1 Å². The molecule has 0 unspecified atom stereocenters. The molecule has 0 bridgehead atoms. The van der Waals surface area contributed by atoms with E-state index < -0.39 is 5.91 Å². The molecule has 1 saturated heterocycles. The quantitative estimate of drug-likeness (QED) is 0.647. The van der Waals surface area contributed by atoms with E-state index in [1.165, 1.54) is 0 Å². The normalized spacial score (nSPS) is 20.9. The van der Waals surface area contributed by atoms with Crippen molar-refractivity contribution in [2.24, 2.45) is 5.41 Å². The van der Waals surface area contributed by atoms with Crippen LogP contribution in [-0.2, 0) is 17.6 Å². The highest BCUT2D eigenvalue weighted by Crippen LogP contribution is 2.41. The van der Waals surface area contributed by atoms with Gasteiger partial charge in [-0.15, -0.1) is 0 Å². The minimum atomic E-state index is -0.484. The average Bonchev–Trinajstić information content (AvgIpc) is 3.06. The zero-order valence-corrected chi connectivity index (χ0v) is 15.2. The molecule has 0 aromatic heterocycles. The van der Waals surface area contributed by atoms with E-state index in [-0.39, 0.29) is 11.3 Å². The van der Waals surface area contributed by atoms with Gasteiger partial charge < -0.3 is 10.1 Å². The van der Waals surface area contributed by atoms with Crippen LogP contribution in [0.4, 0.5) is 5.69 Å². The summed E-state index contributed by atoms with van der Waals surface area (Å²) in [5, 5.41) is 13.9. The molecule has 1 spiro atoms. The molecular weight excluding hydrogens is 344 g/mol. The summed E-state index contributed by atoms with van der Waals surface area (Å²) in [6.07, 6.45) is 3.14. The first-order valence-electron chi connectivity index (χ1n) is 9.10. The number of fused-ring (bicyclic) bond motifs is 1. The smallest absolute Gasteiger partial charge is 0.281 e. The molecule has 6 nitrogen and oxygen atoms in total. The number of carbonyl (C=O) groups is 2. The van der Waals surface area contributed by atoms with Gasteiger partial charge in [-0.3, -0.25) is 14.8 Å². The van der Waals surface area contributed by atoms with Crippen molar-refractivity contribution < 1.29 is 19.5 Å². The van der Waals surface area contributed by atoms with Gasteiger partial charge in [0, 0.05) is 12.1 Å². The van der Waals surface area contributed by atoms with Crippen LogP contribution < -0.4 is 15.1 Å². The van der Waals surface area contributed by atoms with Gasteiger partial charge >= 0.3 is 0 Å². The Bertz CT molecular complexity index is 894. The van der Waals surface area contributed by atoms with Crippen LogP contribution in [0.1, 0.15) is 34.3 Å². The third-order valence-electron chi connectivity index (χ3n) is 5.74. The van der Waals surface area contributed by atoms with Crippen LogP contribution in [0.5, 0.6) is 5.75 Å². The molecule has 1 fully saturated rings. The molecule has 2 aromatic carbocycles. The first kappa shape index (κ1) is 17.5. The molecule has 2 N–H and O–H groups in total. The van der Waals surface area contributed by atoms with Crippen molar-refractivity contribution in [2.45, 2.75) is 25.7 Å². The maximum Gasteiger partial charge on any atom is 0.281 e. The third-order valence-corrected chi connectivity index (χ3v) is 5.74. The van der Waals surface area contributed by atoms with Crippen LogP contribution in [0.25, 0.3) is 0 Å². The molecular formula is C21H22N2O4. The van der Waals surface area contributed by atoms with E-state index in [1.54, 1.807) is 37.4 Å². The number of nitrogens with zero attached hydrogens (tertiary/aromatic N) is 1. The zero-order chi connectivity index (χ0) is 19.0. The summed E-state index contributed by atoms with van der Waals surface area (Å²) < 4.78 is 5.09. The number of hydroxylamine groups is 1. The number of benzene rings is 2. The van der Waals surface area contributed by atoms with Crippen molar-refractivity contribution in [2.75, 3.05) is 18.7 Å². The fourth-order valence-corrected chi connectivity index (χ4v) is 4.08. The Kier molecular flexibility index (Phi) is 4.36. The molecule has 2 amide bonds. The van der Waals surface area contributed by atoms with Crippen LogP contribution in [0.2, 0.25) is 0 Å². The second-order valence-electron chi connectivity index (χ2n) is 7.26. The zero-order valence-electron chi connectivity index (χ0n) is 15.2. The molecule has 27 heavy (non-hydrogen) atoms. The number of amides is 2. The predicted octanol–water partition coefficient (Wildman–Crippen LogP) is 2.73. The number of aryl methyl sites for hydroxylation is 1. The summed E-state index contributed by atoms with van der Waals surface area (Å²) in [7, 11) is 1.56. The van der Waals surface area contributed by atoms with Gasteiger partial charge in [-0.05, 0) is 73.2 Å². The second-order valence-corrected chi connectivity index (χ2v) is 7.26. The molecule has 6 heteroatoms. The standard InChI is InChI=1S/C21H22N2O4/c1-27-18-6-4-17(5-7-18)23(26)19(24)15-2-3-16-13-21(9-8-14(16)12-15)10-11-22-20(21)25/h2-7,12,26H,8-11,13H2,1H3,(H,22,25)/t21-/m0/s1. The highest BCUT2D eigenvalue weighted by Gasteiger charge is 2.44. The van der Waals surface area contributed by atoms with Gasteiger partial charge in [0.15, 0.2) is 0 Å². The first-order chi connectivity index (χ1) is 13.0. The molecule has 4 rings (SSSR count). The molecule has 1 heterocycles. The van der Waals surface area contributed by atoms with Crippen molar-refractivity contribution in [1.82, 2.24) is 5.32 Å².